The quantitative estimate of drug-likeness (QED) is 0.778. The van der Waals surface area contributed by atoms with Crippen molar-refractivity contribution in [2.24, 2.45) is 0 Å². The van der Waals surface area contributed by atoms with Crippen LogP contribution in [0.4, 0.5) is 0 Å². The van der Waals surface area contributed by atoms with Gasteiger partial charge in [-0.3, -0.25) is 0 Å². The molecule has 0 bridgehead atoms. The standard InChI is InChI=1S/C15H24O/c1-6-10(3)13-9-15(16)14(8-12(13)5)11(4)7-2/h8-11,16H,6-7H2,1-5H3. The molecule has 1 heteroatoms. The summed E-state index contributed by atoms with van der Waals surface area (Å²) in [6.07, 6.45) is 2.18. The highest BCUT2D eigenvalue weighted by Gasteiger charge is 2.14. The smallest absolute Gasteiger partial charge is 0.119 e. The van der Waals surface area contributed by atoms with Gasteiger partial charge in [0.1, 0.15) is 5.75 Å². The Labute approximate surface area is 99.5 Å². The summed E-state index contributed by atoms with van der Waals surface area (Å²) >= 11 is 0. The molecule has 0 aromatic heterocycles. The first-order chi connectivity index (χ1) is 7.51. The summed E-state index contributed by atoms with van der Waals surface area (Å²) in [4.78, 5) is 0. The van der Waals surface area contributed by atoms with Crippen molar-refractivity contribution in [3.05, 3.63) is 28.8 Å². The number of aryl methyl sites for hydroxylation is 1. The van der Waals surface area contributed by atoms with Crippen LogP contribution in [0.25, 0.3) is 0 Å². The van der Waals surface area contributed by atoms with Crippen molar-refractivity contribution in [3.63, 3.8) is 0 Å². The van der Waals surface area contributed by atoms with Gasteiger partial charge in [-0.2, -0.15) is 0 Å². The van der Waals surface area contributed by atoms with Gasteiger partial charge in [-0.05, 0) is 54.4 Å². The van der Waals surface area contributed by atoms with Gasteiger partial charge in [0, 0.05) is 0 Å². The Morgan fingerprint density at radius 3 is 2.00 bits per heavy atom. The summed E-state index contributed by atoms with van der Waals surface area (Å²) in [7, 11) is 0. The Bertz CT molecular complexity index is 319. The number of hydrogen-bond donors (Lipinski definition) is 1. The first-order valence-corrected chi connectivity index (χ1v) is 6.34. The largest absolute Gasteiger partial charge is 0.508 e. The monoisotopic (exact) mass is 220 g/mol. The lowest BCUT2D eigenvalue weighted by molar-refractivity contribution is 0.460. The molecule has 90 valence electrons. The minimum atomic E-state index is 0.435. The van der Waals surface area contributed by atoms with E-state index >= 15 is 0 Å². The molecule has 0 aliphatic carbocycles. The molecule has 0 saturated heterocycles. The average molecular weight is 220 g/mol. The van der Waals surface area contributed by atoms with E-state index in [9.17, 15) is 5.11 Å². The molecule has 0 saturated carbocycles. The van der Waals surface area contributed by atoms with Crippen molar-refractivity contribution in [1.29, 1.82) is 0 Å². The Balaban J connectivity index is 3.16. The van der Waals surface area contributed by atoms with Crippen LogP contribution < -0.4 is 0 Å². The molecule has 0 amide bonds. The van der Waals surface area contributed by atoms with E-state index in [-0.39, 0.29) is 0 Å². The Kier molecular flexibility index (Phi) is 4.40. The van der Waals surface area contributed by atoms with Gasteiger partial charge in [0.25, 0.3) is 0 Å². The van der Waals surface area contributed by atoms with Crippen LogP contribution in [-0.2, 0) is 0 Å². The zero-order chi connectivity index (χ0) is 12.3. The van der Waals surface area contributed by atoms with Gasteiger partial charge >= 0.3 is 0 Å². The zero-order valence-corrected chi connectivity index (χ0v) is 11.2. The molecule has 1 N–H and O–H groups in total. The van der Waals surface area contributed by atoms with Crippen LogP contribution in [0.15, 0.2) is 12.1 Å². The predicted molar refractivity (Wildman–Crippen MR) is 70.3 cm³/mol. The summed E-state index contributed by atoms with van der Waals surface area (Å²) in [6.45, 7) is 10.9. The van der Waals surface area contributed by atoms with Crippen molar-refractivity contribution in [2.75, 3.05) is 0 Å². The fourth-order valence-electron chi connectivity index (χ4n) is 2.10. The first-order valence-electron chi connectivity index (χ1n) is 6.34. The van der Waals surface area contributed by atoms with Crippen molar-refractivity contribution in [2.45, 2.75) is 59.3 Å². The Morgan fingerprint density at radius 2 is 1.50 bits per heavy atom. The Morgan fingerprint density at radius 1 is 1.00 bits per heavy atom. The summed E-state index contributed by atoms with van der Waals surface area (Å²) in [6, 6.07) is 4.12. The van der Waals surface area contributed by atoms with Gasteiger partial charge in [-0.25, -0.2) is 0 Å². The van der Waals surface area contributed by atoms with Crippen molar-refractivity contribution >= 4 is 0 Å². The number of phenolic OH excluding ortho intramolecular Hbond substituents is 1. The van der Waals surface area contributed by atoms with Gasteiger partial charge in [-0.1, -0.05) is 33.8 Å². The van der Waals surface area contributed by atoms with Crippen LogP contribution in [0.3, 0.4) is 0 Å². The zero-order valence-electron chi connectivity index (χ0n) is 11.2. The van der Waals surface area contributed by atoms with E-state index in [4.69, 9.17) is 0 Å². The lowest BCUT2D eigenvalue weighted by atomic mass is 9.89. The van der Waals surface area contributed by atoms with Crippen LogP contribution in [0.5, 0.6) is 5.75 Å². The predicted octanol–water partition coefficient (Wildman–Crippen LogP) is 4.73. The number of aromatic hydroxyl groups is 1. The number of hydrogen-bond acceptors (Lipinski definition) is 1. The summed E-state index contributed by atoms with van der Waals surface area (Å²) in [5, 5.41) is 10.1. The second-order valence-corrected chi connectivity index (χ2v) is 4.89. The number of phenols is 1. The summed E-state index contributed by atoms with van der Waals surface area (Å²) in [5.74, 6) is 1.43. The van der Waals surface area contributed by atoms with E-state index in [0.29, 0.717) is 17.6 Å². The SMILES string of the molecule is CCC(C)c1cc(O)c(C(C)CC)cc1C. The molecule has 0 aliphatic heterocycles. The maximum atomic E-state index is 10.1. The normalized spacial score (nSPS) is 14.8. The van der Waals surface area contributed by atoms with E-state index in [0.717, 1.165) is 18.4 Å². The third kappa shape index (κ3) is 2.58. The highest BCUT2D eigenvalue weighted by Crippen LogP contribution is 2.34. The fraction of sp³-hybridized carbons (Fsp3) is 0.600. The second kappa shape index (κ2) is 5.38. The first kappa shape index (κ1) is 13.1. The molecule has 2 unspecified atom stereocenters. The lowest BCUT2D eigenvalue weighted by Crippen LogP contribution is -1.99. The van der Waals surface area contributed by atoms with E-state index in [2.05, 4.69) is 40.7 Å². The summed E-state index contributed by atoms with van der Waals surface area (Å²) < 4.78 is 0. The molecule has 0 heterocycles. The van der Waals surface area contributed by atoms with Crippen LogP contribution in [-0.4, -0.2) is 5.11 Å². The topological polar surface area (TPSA) is 20.2 Å². The van der Waals surface area contributed by atoms with Gasteiger partial charge in [0.15, 0.2) is 0 Å². The van der Waals surface area contributed by atoms with Crippen LogP contribution in [0, 0.1) is 6.92 Å². The minimum Gasteiger partial charge on any atom is -0.508 e. The Hall–Kier alpha value is -0.980. The highest BCUT2D eigenvalue weighted by molar-refractivity contribution is 5.44. The molecule has 16 heavy (non-hydrogen) atoms. The molecule has 0 aliphatic rings. The molecular formula is C15H24O. The van der Waals surface area contributed by atoms with Gasteiger partial charge < -0.3 is 5.11 Å². The van der Waals surface area contributed by atoms with E-state index in [1.54, 1.807) is 0 Å². The van der Waals surface area contributed by atoms with Crippen molar-refractivity contribution < 1.29 is 5.11 Å². The molecule has 1 aromatic carbocycles. The fourth-order valence-corrected chi connectivity index (χ4v) is 2.10. The molecule has 2 atom stereocenters. The second-order valence-electron chi connectivity index (χ2n) is 4.89. The average Bonchev–Trinajstić information content (AvgIpc) is 2.29. The van der Waals surface area contributed by atoms with Crippen LogP contribution in [0.2, 0.25) is 0 Å². The maximum Gasteiger partial charge on any atom is 0.119 e. The maximum absolute atomic E-state index is 10.1. The highest BCUT2D eigenvalue weighted by atomic mass is 16.3. The van der Waals surface area contributed by atoms with Gasteiger partial charge in [-0.15, -0.1) is 0 Å². The van der Waals surface area contributed by atoms with E-state index < -0.39 is 0 Å². The molecule has 0 fully saturated rings. The minimum absolute atomic E-state index is 0.435. The third-order valence-electron chi connectivity index (χ3n) is 3.70. The molecule has 0 spiro atoms. The van der Waals surface area contributed by atoms with Crippen LogP contribution in [0.1, 0.15) is 69.1 Å². The van der Waals surface area contributed by atoms with Crippen molar-refractivity contribution in [3.8, 4) is 5.75 Å². The molecule has 1 nitrogen and oxygen atoms in total. The molecule has 1 rings (SSSR count). The van der Waals surface area contributed by atoms with Crippen LogP contribution >= 0.6 is 0 Å². The molecule has 1 aromatic rings. The third-order valence-corrected chi connectivity index (χ3v) is 3.70. The molecule has 0 radical (unpaired) electrons. The van der Waals surface area contributed by atoms with Gasteiger partial charge in [0.05, 0.1) is 0 Å². The lowest BCUT2D eigenvalue weighted by Gasteiger charge is -2.18. The number of rotatable bonds is 4. The van der Waals surface area contributed by atoms with E-state index in [1.165, 1.54) is 11.1 Å². The van der Waals surface area contributed by atoms with Gasteiger partial charge in [0.2, 0.25) is 0 Å². The number of benzene rings is 1. The van der Waals surface area contributed by atoms with E-state index in [1.807, 2.05) is 6.07 Å². The summed E-state index contributed by atoms with van der Waals surface area (Å²) in [5.41, 5.74) is 3.68. The van der Waals surface area contributed by atoms with Crippen molar-refractivity contribution in [1.82, 2.24) is 0 Å². The molecular weight excluding hydrogens is 196 g/mol.